The van der Waals surface area contributed by atoms with Crippen LogP contribution in [0.15, 0.2) is 48.5 Å². The molecule has 1 aliphatic heterocycles. The van der Waals surface area contributed by atoms with Crippen molar-refractivity contribution in [3.8, 4) is 16.5 Å². The minimum absolute atomic E-state index is 0.178. The van der Waals surface area contributed by atoms with Crippen LogP contribution in [0, 0.1) is 17.1 Å². The second-order valence-corrected chi connectivity index (χ2v) is 7.57. The Morgan fingerprint density at radius 2 is 1.81 bits per heavy atom. The third-order valence-electron chi connectivity index (χ3n) is 4.64. The van der Waals surface area contributed by atoms with E-state index in [9.17, 15) is 4.39 Å². The van der Waals surface area contributed by atoms with E-state index in [1.54, 1.807) is 23.5 Å². The lowest BCUT2D eigenvalue weighted by Crippen LogP contribution is -2.46. The molecule has 0 amide bonds. The third kappa shape index (κ3) is 3.97. The molecule has 0 unspecified atom stereocenters. The smallest absolute Gasteiger partial charge is 0.163 e. The van der Waals surface area contributed by atoms with Gasteiger partial charge in [0.2, 0.25) is 0 Å². The van der Waals surface area contributed by atoms with Gasteiger partial charge in [0, 0.05) is 48.0 Å². The summed E-state index contributed by atoms with van der Waals surface area (Å²) in [6.45, 7) is 4.45. The lowest BCUT2D eigenvalue weighted by molar-refractivity contribution is 0.251. The zero-order chi connectivity index (χ0) is 18.6. The summed E-state index contributed by atoms with van der Waals surface area (Å²) in [6.07, 6.45) is 0. The van der Waals surface area contributed by atoms with E-state index < -0.39 is 0 Å². The van der Waals surface area contributed by atoms with E-state index in [2.05, 4.69) is 26.1 Å². The van der Waals surface area contributed by atoms with Crippen LogP contribution in [0.4, 0.5) is 10.2 Å². The fourth-order valence-electron chi connectivity index (χ4n) is 3.18. The van der Waals surface area contributed by atoms with Gasteiger partial charge in [-0.15, -0.1) is 21.5 Å². The molecule has 0 saturated carbocycles. The average molecular weight is 379 g/mol. The average Bonchev–Trinajstić information content (AvgIpc) is 3.17. The number of benzene rings is 1. The van der Waals surface area contributed by atoms with Crippen LogP contribution in [-0.2, 0) is 6.54 Å². The van der Waals surface area contributed by atoms with Crippen molar-refractivity contribution >= 4 is 17.2 Å². The van der Waals surface area contributed by atoms with Gasteiger partial charge in [-0.2, -0.15) is 5.26 Å². The van der Waals surface area contributed by atoms with E-state index in [0.29, 0.717) is 11.3 Å². The Labute approximate surface area is 161 Å². The predicted octanol–water partition coefficient (Wildman–Crippen LogP) is 3.54. The monoisotopic (exact) mass is 379 g/mol. The summed E-state index contributed by atoms with van der Waals surface area (Å²) in [7, 11) is 0. The van der Waals surface area contributed by atoms with Crippen LogP contribution in [0.2, 0.25) is 0 Å². The zero-order valence-corrected chi connectivity index (χ0v) is 15.5. The Balaban J connectivity index is 1.36. The van der Waals surface area contributed by atoms with E-state index in [-0.39, 0.29) is 5.82 Å². The summed E-state index contributed by atoms with van der Waals surface area (Å²) < 4.78 is 14.0. The number of hydrogen-bond acceptors (Lipinski definition) is 6. The highest BCUT2D eigenvalue weighted by Crippen LogP contribution is 2.30. The molecule has 0 N–H and O–H groups in total. The van der Waals surface area contributed by atoms with Crippen molar-refractivity contribution in [3.05, 3.63) is 64.9 Å². The van der Waals surface area contributed by atoms with Gasteiger partial charge in [0.25, 0.3) is 0 Å². The van der Waals surface area contributed by atoms with Gasteiger partial charge in [-0.3, -0.25) is 4.90 Å². The SMILES string of the molecule is N#Cc1ccc(N2CCN(Cc3ccc(-c4ccccc4F)s3)CC2)nn1. The highest BCUT2D eigenvalue weighted by Gasteiger charge is 2.19. The maximum absolute atomic E-state index is 14.0. The molecule has 27 heavy (non-hydrogen) atoms. The van der Waals surface area contributed by atoms with Gasteiger partial charge in [-0.1, -0.05) is 18.2 Å². The molecule has 1 saturated heterocycles. The molecule has 3 aromatic rings. The number of hydrogen-bond donors (Lipinski definition) is 0. The number of rotatable bonds is 4. The predicted molar refractivity (Wildman–Crippen MR) is 104 cm³/mol. The Morgan fingerprint density at radius 3 is 2.52 bits per heavy atom. The summed E-state index contributed by atoms with van der Waals surface area (Å²) in [5.41, 5.74) is 0.999. The Hall–Kier alpha value is -2.82. The van der Waals surface area contributed by atoms with Crippen molar-refractivity contribution in [2.75, 3.05) is 31.1 Å². The molecular weight excluding hydrogens is 361 g/mol. The van der Waals surface area contributed by atoms with Crippen LogP contribution < -0.4 is 4.90 Å². The molecule has 1 aliphatic rings. The number of piperazine rings is 1. The number of nitrogens with zero attached hydrogens (tertiary/aromatic N) is 5. The molecule has 1 aromatic carbocycles. The molecule has 1 fully saturated rings. The van der Waals surface area contributed by atoms with Crippen molar-refractivity contribution in [1.29, 1.82) is 5.26 Å². The van der Waals surface area contributed by atoms with E-state index in [4.69, 9.17) is 5.26 Å². The highest BCUT2D eigenvalue weighted by atomic mass is 32.1. The maximum Gasteiger partial charge on any atom is 0.163 e. The van der Waals surface area contributed by atoms with Gasteiger partial charge in [0.15, 0.2) is 11.5 Å². The van der Waals surface area contributed by atoms with Crippen molar-refractivity contribution in [1.82, 2.24) is 15.1 Å². The fraction of sp³-hybridized carbons (Fsp3) is 0.250. The maximum atomic E-state index is 14.0. The summed E-state index contributed by atoms with van der Waals surface area (Å²) in [6, 6.07) is 16.5. The molecule has 0 atom stereocenters. The van der Waals surface area contributed by atoms with E-state index in [0.717, 1.165) is 43.4 Å². The minimum atomic E-state index is -0.178. The molecule has 0 bridgehead atoms. The molecule has 7 heteroatoms. The number of thiophene rings is 1. The molecule has 4 rings (SSSR count). The first-order valence-electron chi connectivity index (χ1n) is 8.78. The van der Waals surface area contributed by atoms with Gasteiger partial charge in [0.05, 0.1) is 0 Å². The molecule has 0 radical (unpaired) electrons. The second-order valence-electron chi connectivity index (χ2n) is 6.40. The van der Waals surface area contributed by atoms with Gasteiger partial charge in [-0.25, -0.2) is 4.39 Å². The summed E-state index contributed by atoms with van der Waals surface area (Å²) in [5, 5.41) is 16.8. The van der Waals surface area contributed by atoms with Crippen molar-refractivity contribution in [2.45, 2.75) is 6.54 Å². The Bertz CT molecular complexity index is 955. The Morgan fingerprint density at radius 1 is 1.00 bits per heavy atom. The van der Waals surface area contributed by atoms with Crippen LogP contribution in [0.3, 0.4) is 0 Å². The van der Waals surface area contributed by atoms with E-state index >= 15 is 0 Å². The largest absolute Gasteiger partial charge is 0.353 e. The number of halogens is 1. The normalized spacial score (nSPS) is 14.9. The molecule has 2 aromatic heterocycles. The summed E-state index contributed by atoms with van der Waals surface area (Å²) >= 11 is 1.65. The summed E-state index contributed by atoms with van der Waals surface area (Å²) in [4.78, 5) is 6.78. The molecular formula is C20H18FN5S. The second kappa shape index (κ2) is 7.82. The van der Waals surface area contributed by atoms with E-state index in [1.165, 1.54) is 10.9 Å². The molecule has 0 spiro atoms. The van der Waals surface area contributed by atoms with Gasteiger partial charge < -0.3 is 4.90 Å². The van der Waals surface area contributed by atoms with Crippen LogP contribution in [0.25, 0.3) is 10.4 Å². The van der Waals surface area contributed by atoms with Crippen LogP contribution >= 0.6 is 11.3 Å². The standard InChI is InChI=1S/C20H18FN5S/c21-18-4-2-1-3-17(18)19-7-6-16(27-19)14-25-9-11-26(12-10-25)20-8-5-15(13-22)23-24-20/h1-8H,9-12,14H2. The van der Waals surface area contributed by atoms with Crippen LogP contribution in [0.1, 0.15) is 10.6 Å². The van der Waals surface area contributed by atoms with Gasteiger partial charge in [0.1, 0.15) is 11.9 Å². The fourth-order valence-corrected chi connectivity index (χ4v) is 4.25. The third-order valence-corrected chi connectivity index (χ3v) is 5.74. The van der Waals surface area contributed by atoms with Gasteiger partial charge >= 0.3 is 0 Å². The lowest BCUT2D eigenvalue weighted by Gasteiger charge is -2.34. The minimum Gasteiger partial charge on any atom is -0.353 e. The van der Waals surface area contributed by atoms with Crippen molar-refractivity contribution < 1.29 is 4.39 Å². The van der Waals surface area contributed by atoms with E-state index in [1.807, 2.05) is 30.3 Å². The lowest BCUT2D eigenvalue weighted by atomic mass is 10.2. The van der Waals surface area contributed by atoms with Gasteiger partial charge in [-0.05, 0) is 30.3 Å². The molecule has 5 nitrogen and oxygen atoms in total. The first kappa shape index (κ1) is 17.6. The number of nitriles is 1. The van der Waals surface area contributed by atoms with Crippen LogP contribution in [-0.4, -0.2) is 41.3 Å². The Kier molecular flexibility index (Phi) is 5.10. The number of aromatic nitrogens is 2. The topological polar surface area (TPSA) is 56.1 Å². The zero-order valence-electron chi connectivity index (χ0n) is 14.7. The van der Waals surface area contributed by atoms with Crippen LogP contribution in [0.5, 0.6) is 0 Å². The molecule has 3 heterocycles. The molecule has 136 valence electrons. The number of anilines is 1. The van der Waals surface area contributed by atoms with Crippen molar-refractivity contribution in [3.63, 3.8) is 0 Å². The first-order valence-corrected chi connectivity index (χ1v) is 9.59. The van der Waals surface area contributed by atoms with Crippen molar-refractivity contribution in [2.24, 2.45) is 0 Å². The quantitative estimate of drug-likeness (QED) is 0.694. The summed E-state index contributed by atoms with van der Waals surface area (Å²) in [5.74, 6) is 0.634. The highest BCUT2D eigenvalue weighted by molar-refractivity contribution is 7.15. The molecule has 0 aliphatic carbocycles. The first-order chi connectivity index (χ1) is 13.2.